The molecule has 19 heavy (non-hydrogen) atoms. The quantitative estimate of drug-likeness (QED) is 0.780. The molecule has 2 N–H and O–H groups in total. The topological polar surface area (TPSA) is 61.4 Å². The van der Waals surface area contributed by atoms with Gasteiger partial charge in [-0.2, -0.15) is 0 Å². The van der Waals surface area contributed by atoms with E-state index >= 15 is 0 Å². The Morgan fingerprint density at radius 3 is 2.84 bits per heavy atom. The molecule has 0 bridgehead atoms. The van der Waals surface area contributed by atoms with Gasteiger partial charge in [-0.25, -0.2) is 0 Å². The van der Waals surface area contributed by atoms with Crippen molar-refractivity contribution in [2.24, 2.45) is 5.92 Å². The molecule has 2 amide bonds. The maximum atomic E-state index is 12.3. The summed E-state index contributed by atoms with van der Waals surface area (Å²) < 4.78 is 0. The van der Waals surface area contributed by atoms with Crippen LogP contribution >= 0.6 is 0 Å². The van der Waals surface area contributed by atoms with Crippen molar-refractivity contribution >= 4 is 11.8 Å². The standard InChI is InChI=1S/C14H25N3O2/c1-2-7-16-13(18)11-5-4-9-17(10-11)14(19)12-6-3-8-15-12/h11-12,15H,2-10H2,1H3,(H,16,18). The van der Waals surface area contributed by atoms with E-state index in [0.717, 1.165) is 51.7 Å². The molecule has 0 aromatic rings. The number of rotatable bonds is 4. The molecule has 0 radical (unpaired) electrons. The van der Waals surface area contributed by atoms with E-state index in [2.05, 4.69) is 10.6 Å². The van der Waals surface area contributed by atoms with E-state index in [-0.39, 0.29) is 23.8 Å². The molecular formula is C14H25N3O2. The third-order valence-electron chi connectivity index (χ3n) is 4.01. The maximum absolute atomic E-state index is 12.3. The first-order chi connectivity index (χ1) is 9.22. The van der Waals surface area contributed by atoms with Gasteiger partial charge in [-0.05, 0) is 38.6 Å². The van der Waals surface area contributed by atoms with Crippen molar-refractivity contribution in [3.8, 4) is 0 Å². The zero-order valence-corrected chi connectivity index (χ0v) is 11.8. The molecule has 0 aromatic carbocycles. The Labute approximate surface area is 115 Å². The van der Waals surface area contributed by atoms with Crippen LogP contribution in [0.25, 0.3) is 0 Å². The minimum Gasteiger partial charge on any atom is -0.356 e. The van der Waals surface area contributed by atoms with Crippen LogP contribution in [0.4, 0.5) is 0 Å². The summed E-state index contributed by atoms with van der Waals surface area (Å²) in [6, 6.07) is -0.0162. The van der Waals surface area contributed by atoms with Crippen molar-refractivity contribution in [1.82, 2.24) is 15.5 Å². The number of nitrogens with one attached hydrogen (secondary N) is 2. The van der Waals surface area contributed by atoms with Crippen LogP contribution in [0.3, 0.4) is 0 Å². The predicted octanol–water partition coefficient (Wildman–Crippen LogP) is 0.503. The van der Waals surface area contributed by atoms with Gasteiger partial charge in [0.15, 0.2) is 0 Å². The van der Waals surface area contributed by atoms with Gasteiger partial charge in [0, 0.05) is 19.6 Å². The van der Waals surface area contributed by atoms with Crippen molar-refractivity contribution in [2.75, 3.05) is 26.2 Å². The molecule has 5 nitrogen and oxygen atoms in total. The van der Waals surface area contributed by atoms with Crippen LogP contribution in [-0.2, 0) is 9.59 Å². The zero-order chi connectivity index (χ0) is 13.7. The summed E-state index contributed by atoms with van der Waals surface area (Å²) in [6.45, 7) is 5.10. The first kappa shape index (κ1) is 14.3. The van der Waals surface area contributed by atoms with Gasteiger partial charge in [-0.15, -0.1) is 0 Å². The second-order valence-corrected chi connectivity index (χ2v) is 5.56. The summed E-state index contributed by atoms with van der Waals surface area (Å²) in [6.07, 6.45) is 4.79. The van der Waals surface area contributed by atoms with Crippen LogP contribution in [0, 0.1) is 5.92 Å². The fraction of sp³-hybridized carbons (Fsp3) is 0.857. The Hall–Kier alpha value is -1.10. The molecule has 2 atom stereocenters. The normalized spacial score (nSPS) is 27.3. The van der Waals surface area contributed by atoms with Gasteiger partial charge in [0.1, 0.15) is 0 Å². The average Bonchev–Trinajstić information content (AvgIpc) is 2.98. The molecule has 2 aliphatic heterocycles. The molecule has 2 heterocycles. The van der Waals surface area contributed by atoms with Crippen molar-refractivity contribution in [3.63, 3.8) is 0 Å². The second kappa shape index (κ2) is 6.89. The fourth-order valence-electron chi connectivity index (χ4n) is 2.90. The van der Waals surface area contributed by atoms with Crippen molar-refractivity contribution < 1.29 is 9.59 Å². The highest BCUT2D eigenvalue weighted by Crippen LogP contribution is 2.19. The molecule has 2 saturated heterocycles. The second-order valence-electron chi connectivity index (χ2n) is 5.56. The van der Waals surface area contributed by atoms with Gasteiger partial charge >= 0.3 is 0 Å². The van der Waals surface area contributed by atoms with Crippen molar-refractivity contribution in [2.45, 2.75) is 45.1 Å². The number of likely N-dealkylation sites (tertiary alicyclic amines) is 1. The van der Waals surface area contributed by atoms with Crippen LogP contribution < -0.4 is 10.6 Å². The van der Waals surface area contributed by atoms with Crippen LogP contribution in [0.1, 0.15) is 39.0 Å². The van der Waals surface area contributed by atoms with Crippen molar-refractivity contribution in [1.29, 1.82) is 0 Å². The number of amides is 2. The predicted molar refractivity (Wildman–Crippen MR) is 73.6 cm³/mol. The number of nitrogens with zero attached hydrogens (tertiary/aromatic N) is 1. The Morgan fingerprint density at radius 2 is 2.16 bits per heavy atom. The summed E-state index contributed by atoms with van der Waals surface area (Å²) in [4.78, 5) is 26.2. The number of hydrogen-bond acceptors (Lipinski definition) is 3. The lowest BCUT2D eigenvalue weighted by Crippen LogP contribution is -2.50. The SMILES string of the molecule is CCCNC(=O)C1CCCN(C(=O)C2CCCN2)C1. The van der Waals surface area contributed by atoms with Gasteiger partial charge < -0.3 is 15.5 Å². The smallest absolute Gasteiger partial charge is 0.239 e. The Balaban J connectivity index is 1.85. The maximum Gasteiger partial charge on any atom is 0.239 e. The van der Waals surface area contributed by atoms with Gasteiger partial charge in [0.25, 0.3) is 0 Å². The lowest BCUT2D eigenvalue weighted by Gasteiger charge is -2.33. The van der Waals surface area contributed by atoms with Crippen LogP contribution in [0.5, 0.6) is 0 Å². The zero-order valence-electron chi connectivity index (χ0n) is 11.8. The number of carbonyl (C=O) groups is 2. The Morgan fingerprint density at radius 1 is 1.32 bits per heavy atom. The Bertz CT molecular complexity index is 327. The molecule has 2 fully saturated rings. The highest BCUT2D eigenvalue weighted by atomic mass is 16.2. The van der Waals surface area contributed by atoms with E-state index in [1.807, 2.05) is 11.8 Å². The van der Waals surface area contributed by atoms with Crippen LogP contribution in [0.15, 0.2) is 0 Å². The Kier molecular flexibility index (Phi) is 5.19. The summed E-state index contributed by atoms with van der Waals surface area (Å²) in [7, 11) is 0. The van der Waals surface area contributed by atoms with Gasteiger partial charge in [0.05, 0.1) is 12.0 Å². The third-order valence-corrected chi connectivity index (χ3v) is 4.01. The molecule has 0 aliphatic carbocycles. The third kappa shape index (κ3) is 3.69. The molecule has 2 rings (SSSR count). The van der Waals surface area contributed by atoms with E-state index in [4.69, 9.17) is 0 Å². The lowest BCUT2D eigenvalue weighted by atomic mass is 9.96. The summed E-state index contributed by atoms with van der Waals surface area (Å²) in [5.74, 6) is 0.273. The molecule has 0 saturated carbocycles. The molecule has 2 unspecified atom stereocenters. The highest BCUT2D eigenvalue weighted by molar-refractivity contribution is 5.84. The highest BCUT2D eigenvalue weighted by Gasteiger charge is 2.32. The summed E-state index contributed by atoms with van der Waals surface area (Å²) >= 11 is 0. The minimum atomic E-state index is -0.0225. The van der Waals surface area contributed by atoms with E-state index in [9.17, 15) is 9.59 Å². The molecule has 0 spiro atoms. The summed E-state index contributed by atoms with van der Waals surface area (Å²) in [5.41, 5.74) is 0. The summed E-state index contributed by atoms with van der Waals surface area (Å²) in [5, 5.41) is 6.18. The molecule has 2 aliphatic rings. The number of piperidine rings is 1. The van der Waals surface area contributed by atoms with Crippen molar-refractivity contribution in [3.05, 3.63) is 0 Å². The first-order valence-corrected chi connectivity index (χ1v) is 7.52. The average molecular weight is 267 g/mol. The van der Waals surface area contributed by atoms with Gasteiger partial charge in [-0.3, -0.25) is 9.59 Å². The van der Waals surface area contributed by atoms with E-state index in [1.165, 1.54) is 0 Å². The largest absolute Gasteiger partial charge is 0.356 e. The number of carbonyl (C=O) groups excluding carboxylic acids is 2. The number of hydrogen-bond donors (Lipinski definition) is 2. The lowest BCUT2D eigenvalue weighted by molar-refractivity contribution is -0.137. The van der Waals surface area contributed by atoms with E-state index in [1.54, 1.807) is 0 Å². The van der Waals surface area contributed by atoms with Gasteiger partial charge in [0.2, 0.25) is 11.8 Å². The monoisotopic (exact) mass is 267 g/mol. The van der Waals surface area contributed by atoms with E-state index in [0.29, 0.717) is 6.54 Å². The van der Waals surface area contributed by atoms with Crippen LogP contribution in [0.2, 0.25) is 0 Å². The molecule has 5 heteroatoms. The minimum absolute atomic E-state index is 0.0162. The molecule has 108 valence electrons. The van der Waals surface area contributed by atoms with Gasteiger partial charge in [-0.1, -0.05) is 6.92 Å². The van der Waals surface area contributed by atoms with E-state index < -0.39 is 0 Å². The molecular weight excluding hydrogens is 242 g/mol. The fourth-order valence-corrected chi connectivity index (χ4v) is 2.90. The van der Waals surface area contributed by atoms with Crippen LogP contribution in [-0.4, -0.2) is 48.9 Å². The first-order valence-electron chi connectivity index (χ1n) is 7.52. The molecule has 0 aromatic heterocycles.